The van der Waals surface area contributed by atoms with Crippen molar-refractivity contribution in [1.82, 2.24) is 20.2 Å². The van der Waals surface area contributed by atoms with E-state index in [1.807, 2.05) is 54.0 Å². The van der Waals surface area contributed by atoms with Gasteiger partial charge in [-0.3, -0.25) is 0 Å². The number of aromatic nitrogens is 4. The summed E-state index contributed by atoms with van der Waals surface area (Å²) in [5, 5.41) is 28.6. The highest BCUT2D eigenvalue weighted by atomic mass is 32.1. The predicted octanol–water partition coefficient (Wildman–Crippen LogP) is 5.84. The molecule has 5 aromatic rings. The van der Waals surface area contributed by atoms with E-state index in [2.05, 4.69) is 56.0 Å². The fourth-order valence-electron chi connectivity index (χ4n) is 3.77. The monoisotopic (exact) mass is 501 g/mol. The summed E-state index contributed by atoms with van der Waals surface area (Å²) < 4.78 is 6.97. The predicted molar refractivity (Wildman–Crippen MR) is 144 cm³/mol. The first-order chi connectivity index (χ1) is 17.5. The van der Waals surface area contributed by atoms with E-state index in [9.17, 15) is 5.11 Å². The third-order valence-corrected chi connectivity index (χ3v) is 6.28. The van der Waals surface area contributed by atoms with E-state index in [1.165, 1.54) is 0 Å². The van der Waals surface area contributed by atoms with Gasteiger partial charge in [-0.15, -0.1) is 16.4 Å². The summed E-state index contributed by atoms with van der Waals surface area (Å²) in [6.45, 7) is 4.61. The van der Waals surface area contributed by atoms with E-state index in [4.69, 9.17) is 4.42 Å². The van der Waals surface area contributed by atoms with Gasteiger partial charge in [0.25, 0.3) is 5.89 Å². The Hall–Kier alpha value is -4.02. The maximum absolute atomic E-state index is 10.3. The quantitative estimate of drug-likeness (QED) is 0.187. The summed E-state index contributed by atoms with van der Waals surface area (Å²) in [4.78, 5) is 8.90. The highest BCUT2D eigenvalue weighted by Crippen LogP contribution is 2.31. The Morgan fingerprint density at radius 3 is 2.72 bits per heavy atom. The zero-order chi connectivity index (χ0) is 24.9. The van der Waals surface area contributed by atoms with Crippen LogP contribution in [0.5, 0.6) is 0 Å². The smallest absolute Gasteiger partial charge is 0.315 e. The molecule has 0 aliphatic heterocycles. The van der Waals surface area contributed by atoms with Crippen molar-refractivity contribution in [3.05, 3.63) is 71.9 Å². The first-order valence-electron chi connectivity index (χ1n) is 11.7. The average Bonchev–Trinajstić information content (AvgIpc) is 3.54. The van der Waals surface area contributed by atoms with Crippen molar-refractivity contribution in [2.75, 3.05) is 22.5 Å². The topological polar surface area (TPSA) is 121 Å². The maximum Gasteiger partial charge on any atom is 0.315 e. The standard InChI is InChI=1S/C26H27N7O2S/c1-16(2)30-21-13-24(31-18-8-9-20-23(12-18)36-15-29-20)28-14-19(21)25-32-33-26(35-25)27-11-10-22(34)17-6-4-3-5-7-17/h3-9,12-16,22,34H,10-11H2,1-2H3,(H,27,33)(H2,28,30,31). The van der Waals surface area contributed by atoms with Gasteiger partial charge in [-0.25, -0.2) is 9.97 Å². The van der Waals surface area contributed by atoms with Crippen LogP contribution in [0.2, 0.25) is 0 Å². The van der Waals surface area contributed by atoms with Crippen LogP contribution in [0.15, 0.2) is 70.7 Å². The first kappa shape index (κ1) is 23.7. The van der Waals surface area contributed by atoms with Gasteiger partial charge in [-0.1, -0.05) is 35.4 Å². The maximum atomic E-state index is 10.3. The van der Waals surface area contributed by atoms with Crippen molar-refractivity contribution in [3.63, 3.8) is 0 Å². The molecule has 0 saturated heterocycles. The zero-order valence-electron chi connectivity index (χ0n) is 20.0. The fourth-order valence-corrected chi connectivity index (χ4v) is 4.48. The lowest BCUT2D eigenvalue weighted by molar-refractivity contribution is 0.171. The van der Waals surface area contributed by atoms with E-state index in [-0.39, 0.29) is 6.04 Å². The van der Waals surface area contributed by atoms with Gasteiger partial charge in [-0.2, -0.15) is 0 Å². The van der Waals surface area contributed by atoms with E-state index in [0.717, 1.165) is 27.2 Å². The first-order valence-corrected chi connectivity index (χ1v) is 12.6. The molecule has 36 heavy (non-hydrogen) atoms. The molecule has 1 atom stereocenters. The largest absolute Gasteiger partial charge is 0.403 e. The number of rotatable bonds is 10. The molecule has 9 nitrogen and oxygen atoms in total. The third-order valence-electron chi connectivity index (χ3n) is 5.49. The summed E-state index contributed by atoms with van der Waals surface area (Å²) in [6.07, 6.45) is 1.66. The van der Waals surface area contributed by atoms with Crippen LogP contribution in [0.4, 0.5) is 23.2 Å². The summed E-state index contributed by atoms with van der Waals surface area (Å²) >= 11 is 1.60. The fraction of sp³-hybridized carbons (Fsp3) is 0.231. The molecule has 1 unspecified atom stereocenters. The van der Waals surface area contributed by atoms with Crippen molar-refractivity contribution >= 4 is 44.8 Å². The Labute approximate surface area is 212 Å². The second-order valence-electron chi connectivity index (χ2n) is 8.63. The van der Waals surface area contributed by atoms with Crippen LogP contribution in [0.1, 0.15) is 31.9 Å². The normalized spacial score (nSPS) is 12.1. The highest BCUT2D eigenvalue weighted by Gasteiger charge is 2.16. The van der Waals surface area contributed by atoms with E-state index < -0.39 is 6.10 Å². The van der Waals surface area contributed by atoms with Gasteiger partial charge in [0.15, 0.2) is 0 Å². The summed E-state index contributed by atoms with van der Waals surface area (Å²) in [5.41, 5.74) is 6.16. The van der Waals surface area contributed by atoms with Crippen molar-refractivity contribution in [2.45, 2.75) is 32.4 Å². The second kappa shape index (κ2) is 10.7. The number of thiazole rings is 1. The summed E-state index contributed by atoms with van der Waals surface area (Å²) in [7, 11) is 0. The lowest BCUT2D eigenvalue weighted by Crippen LogP contribution is -2.11. The van der Waals surface area contributed by atoms with Crippen LogP contribution in [-0.4, -0.2) is 37.9 Å². The SMILES string of the molecule is CC(C)Nc1cc(Nc2ccc3ncsc3c2)ncc1-c1nnc(NCCC(O)c2ccccc2)o1. The van der Waals surface area contributed by atoms with Gasteiger partial charge in [-0.05, 0) is 44.0 Å². The molecule has 0 fully saturated rings. The number of nitrogens with zero attached hydrogens (tertiary/aromatic N) is 4. The Morgan fingerprint density at radius 1 is 1.03 bits per heavy atom. The molecule has 3 aromatic heterocycles. The second-order valence-corrected chi connectivity index (χ2v) is 9.51. The van der Waals surface area contributed by atoms with E-state index in [0.29, 0.717) is 36.3 Å². The van der Waals surface area contributed by atoms with Gasteiger partial charge in [0.05, 0.1) is 33.1 Å². The molecular formula is C26H27N7O2S. The summed E-state index contributed by atoms with van der Waals surface area (Å²) in [6, 6.07) is 18.0. The molecule has 184 valence electrons. The number of aliphatic hydroxyl groups excluding tert-OH is 1. The molecular weight excluding hydrogens is 474 g/mol. The van der Waals surface area contributed by atoms with Crippen molar-refractivity contribution in [1.29, 1.82) is 0 Å². The molecule has 4 N–H and O–H groups in total. The number of benzene rings is 2. The van der Waals surface area contributed by atoms with E-state index in [1.54, 1.807) is 17.5 Å². The molecule has 10 heteroatoms. The van der Waals surface area contributed by atoms with Gasteiger partial charge in [0.2, 0.25) is 0 Å². The molecule has 0 aliphatic carbocycles. The average molecular weight is 502 g/mol. The van der Waals surface area contributed by atoms with Gasteiger partial charge in [0.1, 0.15) is 5.82 Å². The number of fused-ring (bicyclic) bond motifs is 1. The minimum atomic E-state index is -0.566. The number of hydrogen-bond donors (Lipinski definition) is 4. The molecule has 3 heterocycles. The van der Waals surface area contributed by atoms with Crippen molar-refractivity contribution in [2.24, 2.45) is 0 Å². The summed E-state index contributed by atoms with van der Waals surface area (Å²) in [5.74, 6) is 1.05. The minimum Gasteiger partial charge on any atom is -0.403 e. The number of hydrogen-bond acceptors (Lipinski definition) is 10. The number of pyridine rings is 1. The van der Waals surface area contributed by atoms with Crippen molar-refractivity contribution in [3.8, 4) is 11.5 Å². The molecule has 5 rings (SSSR count). The molecule has 2 aromatic carbocycles. The van der Waals surface area contributed by atoms with E-state index >= 15 is 0 Å². The van der Waals surface area contributed by atoms with Crippen molar-refractivity contribution < 1.29 is 9.52 Å². The Bertz CT molecular complexity index is 1430. The molecule has 0 radical (unpaired) electrons. The zero-order valence-corrected chi connectivity index (χ0v) is 20.8. The Kier molecular flexibility index (Phi) is 7.06. The minimum absolute atomic E-state index is 0.188. The van der Waals surface area contributed by atoms with Crippen LogP contribution in [0, 0.1) is 0 Å². The number of aliphatic hydroxyl groups is 1. The lowest BCUT2D eigenvalue weighted by Gasteiger charge is -2.15. The van der Waals surface area contributed by atoms with Gasteiger partial charge in [0, 0.05) is 30.5 Å². The van der Waals surface area contributed by atoms with Crippen LogP contribution >= 0.6 is 11.3 Å². The van der Waals surface area contributed by atoms with Crippen LogP contribution in [0.25, 0.3) is 21.7 Å². The lowest BCUT2D eigenvalue weighted by atomic mass is 10.1. The van der Waals surface area contributed by atoms with Gasteiger partial charge < -0.3 is 25.5 Å². The Balaban J connectivity index is 1.28. The molecule has 0 saturated carbocycles. The molecule has 0 bridgehead atoms. The highest BCUT2D eigenvalue weighted by molar-refractivity contribution is 7.16. The van der Waals surface area contributed by atoms with Crippen LogP contribution < -0.4 is 16.0 Å². The number of nitrogens with one attached hydrogen (secondary N) is 3. The van der Waals surface area contributed by atoms with Gasteiger partial charge >= 0.3 is 6.01 Å². The van der Waals surface area contributed by atoms with Crippen LogP contribution in [0.3, 0.4) is 0 Å². The number of anilines is 4. The molecule has 0 spiro atoms. The third kappa shape index (κ3) is 5.61. The Morgan fingerprint density at radius 2 is 1.89 bits per heavy atom. The van der Waals surface area contributed by atoms with Crippen LogP contribution in [-0.2, 0) is 0 Å². The molecule has 0 aliphatic rings. The molecule has 0 amide bonds.